The first-order valence-corrected chi connectivity index (χ1v) is 5.78. The first-order chi connectivity index (χ1) is 7.68. The molecule has 4 heteroatoms. The summed E-state index contributed by atoms with van der Waals surface area (Å²) in [5.74, 6) is 0.655. The topological polar surface area (TPSA) is 46.3 Å². The van der Waals surface area contributed by atoms with Crippen LogP contribution in [0.25, 0.3) is 0 Å². The van der Waals surface area contributed by atoms with Crippen molar-refractivity contribution in [3.8, 4) is 0 Å². The van der Waals surface area contributed by atoms with Crippen LogP contribution in [0.1, 0.15) is 24.9 Å². The van der Waals surface area contributed by atoms with Gasteiger partial charge in [-0.05, 0) is 17.9 Å². The molecule has 0 aromatic heterocycles. The SMILES string of the molecule is CC1CCN(C(=O)C(N)c2ccccc2)C1.Cl. The average Bonchev–Trinajstić information content (AvgIpc) is 2.75. The summed E-state index contributed by atoms with van der Waals surface area (Å²) in [6.45, 7) is 3.86. The smallest absolute Gasteiger partial charge is 0.244 e. The van der Waals surface area contributed by atoms with E-state index < -0.39 is 6.04 Å². The average molecular weight is 255 g/mol. The maximum Gasteiger partial charge on any atom is 0.244 e. The van der Waals surface area contributed by atoms with Gasteiger partial charge in [0.2, 0.25) is 5.91 Å². The van der Waals surface area contributed by atoms with Crippen LogP contribution < -0.4 is 5.73 Å². The molecule has 0 spiro atoms. The molecule has 0 aliphatic carbocycles. The quantitative estimate of drug-likeness (QED) is 0.877. The van der Waals surface area contributed by atoms with E-state index in [2.05, 4.69) is 6.92 Å². The van der Waals surface area contributed by atoms with Gasteiger partial charge in [-0.2, -0.15) is 0 Å². The predicted octanol–water partition coefficient (Wildman–Crippen LogP) is 1.98. The van der Waals surface area contributed by atoms with Crippen LogP contribution in [0.15, 0.2) is 30.3 Å². The number of hydrogen-bond donors (Lipinski definition) is 1. The zero-order valence-corrected chi connectivity index (χ0v) is 10.8. The third-order valence-electron chi connectivity index (χ3n) is 3.16. The lowest BCUT2D eigenvalue weighted by Crippen LogP contribution is -2.36. The molecule has 2 unspecified atom stereocenters. The van der Waals surface area contributed by atoms with Gasteiger partial charge >= 0.3 is 0 Å². The molecule has 1 fully saturated rings. The number of carbonyl (C=O) groups excluding carboxylic acids is 1. The fourth-order valence-electron chi connectivity index (χ4n) is 2.13. The van der Waals surface area contributed by atoms with Crippen LogP contribution in [0.3, 0.4) is 0 Å². The number of hydrogen-bond acceptors (Lipinski definition) is 2. The van der Waals surface area contributed by atoms with Gasteiger partial charge in [0.05, 0.1) is 0 Å². The number of benzene rings is 1. The van der Waals surface area contributed by atoms with Gasteiger partial charge in [0.15, 0.2) is 0 Å². The standard InChI is InChI=1S/C13H18N2O.ClH/c1-10-7-8-15(9-10)13(16)12(14)11-5-3-2-4-6-11;/h2-6,10,12H,7-9,14H2,1H3;1H. The first kappa shape index (κ1) is 14.0. The molecule has 1 amide bonds. The summed E-state index contributed by atoms with van der Waals surface area (Å²) in [6, 6.07) is 9.05. The number of rotatable bonds is 2. The highest BCUT2D eigenvalue weighted by Gasteiger charge is 2.27. The molecule has 0 bridgehead atoms. The Morgan fingerprint density at radius 3 is 2.59 bits per heavy atom. The van der Waals surface area contributed by atoms with Crippen molar-refractivity contribution >= 4 is 18.3 Å². The van der Waals surface area contributed by atoms with E-state index >= 15 is 0 Å². The number of likely N-dealkylation sites (tertiary alicyclic amines) is 1. The molecule has 1 aliphatic rings. The molecule has 94 valence electrons. The number of halogens is 1. The molecular weight excluding hydrogens is 236 g/mol. The van der Waals surface area contributed by atoms with Crippen LogP contribution in [0.5, 0.6) is 0 Å². The third kappa shape index (κ3) is 3.20. The Kier molecular flexibility index (Phi) is 4.97. The summed E-state index contributed by atoms with van der Waals surface area (Å²) in [4.78, 5) is 14.0. The molecule has 2 rings (SSSR count). The highest BCUT2D eigenvalue weighted by molar-refractivity contribution is 5.85. The molecule has 2 atom stereocenters. The van der Waals surface area contributed by atoms with Gasteiger partial charge < -0.3 is 10.6 Å². The fourth-order valence-corrected chi connectivity index (χ4v) is 2.13. The van der Waals surface area contributed by atoms with Gasteiger partial charge in [0, 0.05) is 13.1 Å². The van der Waals surface area contributed by atoms with E-state index in [1.54, 1.807) is 0 Å². The lowest BCUT2D eigenvalue weighted by Gasteiger charge is -2.20. The van der Waals surface area contributed by atoms with Gasteiger partial charge in [-0.25, -0.2) is 0 Å². The zero-order chi connectivity index (χ0) is 11.5. The summed E-state index contributed by atoms with van der Waals surface area (Å²) in [6.07, 6.45) is 1.09. The number of amides is 1. The molecule has 0 radical (unpaired) electrons. The van der Waals surface area contributed by atoms with Crippen molar-refractivity contribution in [2.24, 2.45) is 11.7 Å². The summed E-state index contributed by atoms with van der Waals surface area (Å²) >= 11 is 0. The van der Waals surface area contributed by atoms with Crippen LogP contribution >= 0.6 is 12.4 Å². The maximum atomic E-state index is 12.1. The molecule has 1 aromatic rings. The van der Waals surface area contributed by atoms with Crippen LogP contribution in [-0.4, -0.2) is 23.9 Å². The maximum absolute atomic E-state index is 12.1. The van der Waals surface area contributed by atoms with Crippen molar-refractivity contribution in [2.75, 3.05) is 13.1 Å². The Hall–Kier alpha value is -1.06. The minimum Gasteiger partial charge on any atom is -0.341 e. The Morgan fingerprint density at radius 2 is 2.06 bits per heavy atom. The monoisotopic (exact) mass is 254 g/mol. The van der Waals surface area contributed by atoms with E-state index in [1.807, 2.05) is 35.2 Å². The van der Waals surface area contributed by atoms with Crippen molar-refractivity contribution in [2.45, 2.75) is 19.4 Å². The molecule has 1 heterocycles. The molecular formula is C13H19ClN2O. The minimum absolute atomic E-state index is 0. The highest BCUT2D eigenvalue weighted by atomic mass is 35.5. The van der Waals surface area contributed by atoms with Gasteiger partial charge in [-0.1, -0.05) is 37.3 Å². The van der Waals surface area contributed by atoms with Crippen molar-refractivity contribution in [3.63, 3.8) is 0 Å². The highest BCUT2D eigenvalue weighted by Crippen LogP contribution is 2.20. The predicted molar refractivity (Wildman–Crippen MR) is 71.0 cm³/mol. The van der Waals surface area contributed by atoms with Crippen LogP contribution in [0, 0.1) is 5.92 Å². The van der Waals surface area contributed by atoms with Gasteiger partial charge in [0.1, 0.15) is 6.04 Å². The second-order valence-corrected chi connectivity index (χ2v) is 4.57. The third-order valence-corrected chi connectivity index (χ3v) is 3.16. The Balaban J connectivity index is 0.00000144. The van der Waals surface area contributed by atoms with E-state index in [0.29, 0.717) is 5.92 Å². The van der Waals surface area contributed by atoms with Crippen LogP contribution in [0.4, 0.5) is 0 Å². The van der Waals surface area contributed by atoms with E-state index in [-0.39, 0.29) is 18.3 Å². The number of carbonyl (C=O) groups is 1. The van der Waals surface area contributed by atoms with Crippen molar-refractivity contribution in [3.05, 3.63) is 35.9 Å². The first-order valence-electron chi connectivity index (χ1n) is 5.78. The molecule has 3 nitrogen and oxygen atoms in total. The molecule has 1 aromatic carbocycles. The normalized spacial score (nSPS) is 20.8. The van der Waals surface area contributed by atoms with Crippen LogP contribution in [-0.2, 0) is 4.79 Å². The van der Waals surface area contributed by atoms with Crippen LogP contribution in [0.2, 0.25) is 0 Å². The Labute approximate surface area is 108 Å². The lowest BCUT2D eigenvalue weighted by molar-refractivity contribution is -0.131. The largest absolute Gasteiger partial charge is 0.341 e. The molecule has 0 saturated carbocycles. The molecule has 2 N–H and O–H groups in total. The fraction of sp³-hybridized carbons (Fsp3) is 0.462. The van der Waals surface area contributed by atoms with Gasteiger partial charge in [-0.3, -0.25) is 4.79 Å². The lowest BCUT2D eigenvalue weighted by atomic mass is 10.1. The van der Waals surface area contributed by atoms with Gasteiger partial charge in [0.25, 0.3) is 0 Å². The summed E-state index contributed by atoms with van der Waals surface area (Å²) in [7, 11) is 0. The second-order valence-electron chi connectivity index (χ2n) is 4.57. The number of nitrogens with two attached hydrogens (primary N) is 1. The van der Waals surface area contributed by atoms with E-state index in [1.165, 1.54) is 0 Å². The number of nitrogens with zero attached hydrogens (tertiary/aromatic N) is 1. The van der Waals surface area contributed by atoms with E-state index in [4.69, 9.17) is 5.73 Å². The summed E-state index contributed by atoms with van der Waals surface area (Å²) in [5.41, 5.74) is 6.87. The summed E-state index contributed by atoms with van der Waals surface area (Å²) in [5, 5.41) is 0. The van der Waals surface area contributed by atoms with E-state index in [9.17, 15) is 4.79 Å². The summed E-state index contributed by atoms with van der Waals surface area (Å²) < 4.78 is 0. The molecule has 1 saturated heterocycles. The Bertz CT molecular complexity index is 369. The van der Waals surface area contributed by atoms with Crippen molar-refractivity contribution < 1.29 is 4.79 Å². The van der Waals surface area contributed by atoms with Crippen molar-refractivity contribution in [1.29, 1.82) is 0 Å². The molecule has 17 heavy (non-hydrogen) atoms. The molecule has 1 aliphatic heterocycles. The zero-order valence-electron chi connectivity index (χ0n) is 10.0. The minimum atomic E-state index is -0.508. The second kappa shape index (κ2) is 6.03. The van der Waals surface area contributed by atoms with Crippen molar-refractivity contribution in [1.82, 2.24) is 4.90 Å². The Morgan fingerprint density at radius 1 is 1.41 bits per heavy atom. The van der Waals surface area contributed by atoms with Gasteiger partial charge in [-0.15, -0.1) is 12.4 Å². The van der Waals surface area contributed by atoms with E-state index in [0.717, 1.165) is 25.1 Å².